The van der Waals surface area contributed by atoms with E-state index in [1.165, 1.54) is 25.8 Å². The van der Waals surface area contributed by atoms with Crippen LogP contribution in [0.1, 0.15) is 37.0 Å². The minimum atomic E-state index is -0.308. The van der Waals surface area contributed by atoms with Crippen LogP contribution in [0.2, 0.25) is 0 Å². The summed E-state index contributed by atoms with van der Waals surface area (Å²) in [6.45, 7) is 9.21. The van der Waals surface area contributed by atoms with E-state index in [0.29, 0.717) is 17.2 Å². The number of carbonyl (C=O) groups excluding carboxylic acids is 2. The zero-order valence-electron chi connectivity index (χ0n) is 12.7. The zero-order chi connectivity index (χ0) is 15.4. The molecule has 1 N–H and O–H groups in total. The molecule has 0 aliphatic carbocycles. The molecule has 0 saturated carbocycles. The van der Waals surface area contributed by atoms with Gasteiger partial charge in [0.1, 0.15) is 0 Å². The molecule has 4 nitrogen and oxygen atoms in total. The third kappa shape index (κ3) is 3.72. The maximum absolute atomic E-state index is 11.8. The van der Waals surface area contributed by atoms with E-state index in [1.807, 2.05) is 12.1 Å². The van der Waals surface area contributed by atoms with Crippen LogP contribution < -0.4 is 10.2 Å². The van der Waals surface area contributed by atoms with E-state index in [0.717, 1.165) is 18.8 Å². The third-order valence-electron chi connectivity index (χ3n) is 3.85. The van der Waals surface area contributed by atoms with Crippen LogP contribution >= 0.6 is 0 Å². The summed E-state index contributed by atoms with van der Waals surface area (Å²) in [6.07, 6.45) is 3.62. The summed E-state index contributed by atoms with van der Waals surface area (Å²) >= 11 is 0. The summed E-state index contributed by atoms with van der Waals surface area (Å²) in [5.41, 5.74) is 2.13. The molecule has 1 aliphatic rings. The molecule has 1 fully saturated rings. The molecule has 0 radical (unpaired) electrons. The summed E-state index contributed by atoms with van der Waals surface area (Å²) in [6, 6.07) is 5.63. The Kier molecular flexibility index (Phi) is 4.78. The van der Waals surface area contributed by atoms with E-state index in [2.05, 4.69) is 23.7 Å². The SMILES string of the molecule is C=CC(=O)Nc1ccc(N2CCCC(C)C2)cc1C(C)=O. The van der Waals surface area contributed by atoms with Gasteiger partial charge in [0.05, 0.1) is 5.69 Å². The summed E-state index contributed by atoms with van der Waals surface area (Å²) in [5, 5.41) is 2.68. The molecular weight excluding hydrogens is 264 g/mol. The van der Waals surface area contributed by atoms with Crippen LogP contribution in [0.25, 0.3) is 0 Å². The van der Waals surface area contributed by atoms with Crippen LogP contribution in [0, 0.1) is 5.92 Å². The Labute approximate surface area is 125 Å². The Morgan fingerprint density at radius 2 is 2.19 bits per heavy atom. The molecule has 2 rings (SSSR count). The van der Waals surface area contributed by atoms with Crippen molar-refractivity contribution in [3.63, 3.8) is 0 Å². The van der Waals surface area contributed by atoms with E-state index in [4.69, 9.17) is 0 Å². The fourth-order valence-corrected chi connectivity index (χ4v) is 2.74. The zero-order valence-corrected chi connectivity index (χ0v) is 12.7. The standard InChI is InChI=1S/C17H22N2O2/c1-4-17(21)18-16-8-7-14(10-15(16)13(3)20)19-9-5-6-12(2)11-19/h4,7-8,10,12H,1,5-6,9,11H2,2-3H3,(H,18,21). The van der Waals surface area contributed by atoms with Crippen molar-refractivity contribution in [2.75, 3.05) is 23.3 Å². The van der Waals surface area contributed by atoms with Gasteiger partial charge in [0, 0.05) is 24.3 Å². The van der Waals surface area contributed by atoms with Gasteiger partial charge in [-0.25, -0.2) is 0 Å². The highest BCUT2D eigenvalue weighted by Crippen LogP contribution is 2.27. The number of nitrogens with zero attached hydrogens (tertiary/aromatic N) is 1. The summed E-state index contributed by atoms with van der Waals surface area (Å²) < 4.78 is 0. The van der Waals surface area contributed by atoms with Crippen molar-refractivity contribution in [3.05, 3.63) is 36.4 Å². The monoisotopic (exact) mass is 286 g/mol. The fourth-order valence-electron chi connectivity index (χ4n) is 2.74. The molecule has 21 heavy (non-hydrogen) atoms. The van der Waals surface area contributed by atoms with E-state index in [1.54, 1.807) is 6.07 Å². The number of piperidine rings is 1. The van der Waals surface area contributed by atoms with Crippen LogP contribution in [0.4, 0.5) is 11.4 Å². The minimum Gasteiger partial charge on any atom is -0.371 e. The lowest BCUT2D eigenvalue weighted by Gasteiger charge is -2.33. The molecule has 1 aromatic carbocycles. The normalized spacial score (nSPS) is 18.2. The maximum atomic E-state index is 11.8. The first-order chi connectivity index (χ1) is 10.0. The number of Topliss-reactive ketones (excluding diaryl/α,β-unsaturated/α-hetero) is 1. The van der Waals surface area contributed by atoms with Gasteiger partial charge in [-0.1, -0.05) is 13.5 Å². The van der Waals surface area contributed by atoms with Crippen LogP contribution in [0.3, 0.4) is 0 Å². The molecule has 1 aliphatic heterocycles. The number of rotatable bonds is 4. The molecule has 1 unspecified atom stereocenters. The molecule has 0 bridgehead atoms. The van der Waals surface area contributed by atoms with E-state index >= 15 is 0 Å². The second-order valence-electron chi connectivity index (χ2n) is 5.67. The van der Waals surface area contributed by atoms with Crippen molar-refractivity contribution >= 4 is 23.1 Å². The highest BCUT2D eigenvalue weighted by molar-refractivity contribution is 6.06. The molecule has 1 aromatic rings. The lowest BCUT2D eigenvalue weighted by Crippen LogP contribution is -2.34. The van der Waals surface area contributed by atoms with Crippen LogP contribution in [-0.4, -0.2) is 24.8 Å². The quantitative estimate of drug-likeness (QED) is 0.683. The molecule has 0 spiro atoms. The first-order valence-corrected chi connectivity index (χ1v) is 7.34. The molecule has 112 valence electrons. The van der Waals surface area contributed by atoms with Gasteiger partial charge in [0.2, 0.25) is 5.91 Å². The topological polar surface area (TPSA) is 49.4 Å². The number of anilines is 2. The molecule has 1 amide bonds. The van der Waals surface area contributed by atoms with Gasteiger partial charge < -0.3 is 10.2 Å². The van der Waals surface area contributed by atoms with Crippen molar-refractivity contribution in [1.82, 2.24) is 0 Å². The van der Waals surface area contributed by atoms with Crippen molar-refractivity contribution in [2.45, 2.75) is 26.7 Å². The minimum absolute atomic E-state index is 0.0544. The third-order valence-corrected chi connectivity index (χ3v) is 3.85. The maximum Gasteiger partial charge on any atom is 0.247 e. The Morgan fingerprint density at radius 3 is 2.81 bits per heavy atom. The molecule has 1 atom stereocenters. The Bertz CT molecular complexity index is 566. The molecule has 1 saturated heterocycles. The van der Waals surface area contributed by atoms with Gasteiger partial charge in [-0.3, -0.25) is 9.59 Å². The first-order valence-electron chi connectivity index (χ1n) is 7.34. The number of carbonyl (C=O) groups is 2. The van der Waals surface area contributed by atoms with E-state index in [-0.39, 0.29) is 11.7 Å². The number of ketones is 1. The summed E-state index contributed by atoms with van der Waals surface area (Å²) in [4.78, 5) is 25.6. The summed E-state index contributed by atoms with van der Waals surface area (Å²) in [5.74, 6) is 0.304. The molecule has 0 aromatic heterocycles. The van der Waals surface area contributed by atoms with Crippen molar-refractivity contribution in [3.8, 4) is 0 Å². The van der Waals surface area contributed by atoms with Gasteiger partial charge in [-0.05, 0) is 50.0 Å². The smallest absolute Gasteiger partial charge is 0.247 e. The highest BCUT2D eigenvalue weighted by Gasteiger charge is 2.18. The summed E-state index contributed by atoms with van der Waals surface area (Å²) in [7, 11) is 0. The first kappa shape index (κ1) is 15.3. The van der Waals surface area contributed by atoms with Crippen molar-refractivity contribution < 1.29 is 9.59 Å². The lowest BCUT2D eigenvalue weighted by molar-refractivity contribution is -0.111. The second-order valence-corrected chi connectivity index (χ2v) is 5.67. The van der Waals surface area contributed by atoms with Gasteiger partial charge >= 0.3 is 0 Å². The molecule has 4 heteroatoms. The van der Waals surface area contributed by atoms with Gasteiger partial charge in [-0.15, -0.1) is 0 Å². The van der Waals surface area contributed by atoms with Gasteiger partial charge in [-0.2, -0.15) is 0 Å². The number of nitrogens with one attached hydrogen (secondary N) is 1. The predicted molar refractivity (Wildman–Crippen MR) is 85.9 cm³/mol. The second kappa shape index (κ2) is 6.57. The average Bonchev–Trinajstić information content (AvgIpc) is 2.47. The van der Waals surface area contributed by atoms with Crippen molar-refractivity contribution in [1.29, 1.82) is 0 Å². The Morgan fingerprint density at radius 1 is 1.43 bits per heavy atom. The van der Waals surface area contributed by atoms with Crippen LogP contribution in [0.15, 0.2) is 30.9 Å². The molecular formula is C17H22N2O2. The number of hydrogen-bond donors (Lipinski definition) is 1. The molecule has 1 heterocycles. The number of amides is 1. The van der Waals surface area contributed by atoms with Crippen LogP contribution in [-0.2, 0) is 4.79 Å². The number of benzene rings is 1. The van der Waals surface area contributed by atoms with E-state index in [9.17, 15) is 9.59 Å². The van der Waals surface area contributed by atoms with E-state index < -0.39 is 0 Å². The van der Waals surface area contributed by atoms with Gasteiger partial charge in [0.25, 0.3) is 0 Å². The number of hydrogen-bond acceptors (Lipinski definition) is 3. The Balaban J connectivity index is 2.29. The van der Waals surface area contributed by atoms with Gasteiger partial charge in [0.15, 0.2) is 5.78 Å². The fraction of sp³-hybridized carbons (Fsp3) is 0.412. The average molecular weight is 286 g/mol. The largest absolute Gasteiger partial charge is 0.371 e. The highest BCUT2D eigenvalue weighted by atomic mass is 16.1. The lowest BCUT2D eigenvalue weighted by atomic mass is 9.99. The van der Waals surface area contributed by atoms with Crippen molar-refractivity contribution in [2.24, 2.45) is 5.92 Å². The van der Waals surface area contributed by atoms with Crippen LogP contribution in [0.5, 0.6) is 0 Å². The Hall–Kier alpha value is -2.10. The predicted octanol–water partition coefficient (Wildman–Crippen LogP) is 3.25.